The van der Waals surface area contributed by atoms with Gasteiger partial charge >= 0.3 is 0 Å². The molecule has 3 aromatic rings. The first kappa shape index (κ1) is 16.5. The Morgan fingerprint density at radius 1 is 1.22 bits per heavy atom. The quantitative estimate of drug-likeness (QED) is 0.754. The van der Waals surface area contributed by atoms with Crippen LogP contribution < -0.4 is 5.32 Å². The number of nitrogens with zero attached hydrogens (tertiary/aromatic N) is 3. The monoisotopic (exact) mass is 364 g/mol. The molecule has 5 rings (SSSR count). The third-order valence-electron chi connectivity index (χ3n) is 5.85. The van der Waals surface area contributed by atoms with Gasteiger partial charge in [0.1, 0.15) is 5.52 Å². The largest absolute Gasteiger partial charge is 0.449 e. The molecule has 1 atom stereocenters. The minimum atomic E-state index is -0.195. The maximum atomic E-state index is 12.8. The summed E-state index contributed by atoms with van der Waals surface area (Å²) in [5, 5.41) is 8.01. The van der Waals surface area contributed by atoms with Gasteiger partial charge in [0.25, 0.3) is 5.91 Å². The number of hydrogen-bond donors (Lipinski definition) is 1. The van der Waals surface area contributed by atoms with Gasteiger partial charge in [0, 0.05) is 18.0 Å². The predicted molar refractivity (Wildman–Crippen MR) is 102 cm³/mol. The van der Waals surface area contributed by atoms with Crippen LogP contribution >= 0.6 is 0 Å². The van der Waals surface area contributed by atoms with Gasteiger partial charge in [0.15, 0.2) is 11.3 Å². The summed E-state index contributed by atoms with van der Waals surface area (Å²) < 4.78 is 7.85. The summed E-state index contributed by atoms with van der Waals surface area (Å²) in [4.78, 5) is 17.2. The molecule has 3 heterocycles. The maximum absolute atomic E-state index is 12.8. The second-order valence-electron chi connectivity index (χ2n) is 7.82. The fourth-order valence-electron chi connectivity index (χ4n) is 4.43. The Kier molecular flexibility index (Phi) is 3.99. The molecule has 6 heteroatoms. The molecule has 3 aromatic heterocycles. The van der Waals surface area contributed by atoms with Crippen molar-refractivity contribution in [3.63, 3.8) is 0 Å². The highest BCUT2D eigenvalue weighted by Gasteiger charge is 2.28. The molecule has 1 saturated carbocycles. The zero-order chi connectivity index (χ0) is 18.4. The minimum absolute atomic E-state index is 0.0492. The van der Waals surface area contributed by atoms with Gasteiger partial charge in [-0.15, -0.1) is 0 Å². The van der Waals surface area contributed by atoms with Crippen molar-refractivity contribution >= 4 is 17.0 Å². The topological polar surface area (TPSA) is 73.0 Å². The third kappa shape index (κ3) is 3.03. The Hall–Kier alpha value is -2.63. The number of aromatic nitrogens is 3. The van der Waals surface area contributed by atoms with Gasteiger partial charge in [-0.3, -0.25) is 9.48 Å². The fraction of sp³-hybridized carbons (Fsp3) is 0.476. The summed E-state index contributed by atoms with van der Waals surface area (Å²) in [6.07, 6.45) is 10.2. The molecule has 2 aliphatic rings. The molecule has 0 saturated heterocycles. The molecule has 0 spiro atoms. The van der Waals surface area contributed by atoms with Gasteiger partial charge in [0.05, 0.1) is 17.8 Å². The first-order valence-corrected chi connectivity index (χ1v) is 9.93. The summed E-state index contributed by atoms with van der Waals surface area (Å²) in [6, 6.07) is 5.94. The number of carbonyl (C=O) groups is 1. The lowest BCUT2D eigenvalue weighted by Gasteiger charge is -2.21. The molecule has 1 N–H and O–H groups in total. The third-order valence-corrected chi connectivity index (χ3v) is 5.85. The summed E-state index contributed by atoms with van der Waals surface area (Å²) in [5.74, 6) is 0.115. The van der Waals surface area contributed by atoms with Crippen LogP contribution in [0.5, 0.6) is 0 Å². The highest BCUT2D eigenvalue weighted by molar-refractivity contribution is 5.95. The Morgan fingerprint density at radius 2 is 2.07 bits per heavy atom. The van der Waals surface area contributed by atoms with Crippen molar-refractivity contribution in [3.8, 4) is 0 Å². The molecule has 6 nitrogen and oxygen atoms in total. The molecule has 0 aliphatic heterocycles. The Labute approximate surface area is 158 Å². The number of rotatable bonds is 3. The highest BCUT2D eigenvalue weighted by atomic mass is 16.3. The molecule has 0 radical (unpaired) electrons. The van der Waals surface area contributed by atoms with Crippen LogP contribution in [-0.4, -0.2) is 20.7 Å². The van der Waals surface area contributed by atoms with E-state index >= 15 is 0 Å². The molecule has 0 bridgehead atoms. The molecule has 1 unspecified atom stereocenters. The average molecular weight is 364 g/mol. The lowest BCUT2D eigenvalue weighted by Crippen LogP contribution is -2.30. The van der Waals surface area contributed by atoms with Gasteiger partial charge in [-0.05, 0) is 56.7 Å². The van der Waals surface area contributed by atoms with Crippen LogP contribution in [0.4, 0.5) is 0 Å². The van der Waals surface area contributed by atoms with Gasteiger partial charge in [-0.25, -0.2) is 4.98 Å². The van der Waals surface area contributed by atoms with E-state index in [1.165, 1.54) is 31.2 Å². The van der Waals surface area contributed by atoms with E-state index in [1.54, 1.807) is 6.07 Å². The molecule has 27 heavy (non-hydrogen) atoms. The number of hydrogen-bond acceptors (Lipinski definition) is 4. The lowest BCUT2D eigenvalue weighted by atomic mass is 9.93. The van der Waals surface area contributed by atoms with Gasteiger partial charge < -0.3 is 9.73 Å². The first-order chi connectivity index (χ1) is 13.2. The predicted octanol–water partition coefficient (Wildman–Crippen LogP) is 4.26. The summed E-state index contributed by atoms with van der Waals surface area (Å²) in [7, 11) is 0. The average Bonchev–Trinajstić information content (AvgIpc) is 3.39. The highest BCUT2D eigenvalue weighted by Crippen LogP contribution is 2.34. The van der Waals surface area contributed by atoms with E-state index in [-0.39, 0.29) is 11.9 Å². The summed E-state index contributed by atoms with van der Waals surface area (Å²) >= 11 is 0. The van der Waals surface area contributed by atoms with Crippen molar-refractivity contribution in [2.45, 2.75) is 64.0 Å². The van der Waals surface area contributed by atoms with Crippen LogP contribution in [0.1, 0.15) is 78.1 Å². The molecular weight excluding hydrogens is 340 g/mol. The molecule has 0 aromatic carbocycles. The van der Waals surface area contributed by atoms with Crippen LogP contribution in [-0.2, 0) is 6.42 Å². The Morgan fingerprint density at radius 3 is 2.93 bits per heavy atom. The van der Waals surface area contributed by atoms with E-state index in [9.17, 15) is 4.79 Å². The van der Waals surface area contributed by atoms with E-state index in [1.807, 2.05) is 19.1 Å². The van der Waals surface area contributed by atoms with Crippen LogP contribution in [0.25, 0.3) is 11.1 Å². The summed E-state index contributed by atoms with van der Waals surface area (Å²) in [6.45, 7) is 1.93. The maximum Gasteiger partial charge on any atom is 0.287 e. The van der Waals surface area contributed by atoms with E-state index in [0.717, 1.165) is 36.2 Å². The smallest absolute Gasteiger partial charge is 0.287 e. The van der Waals surface area contributed by atoms with Crippen LogP contribution in [0.3, 0.4) is 0 Å². The number of pyridine rings is 1. The van der Waals surface area contributed by atoms with Crippen LogP contribution in [0.2, 0.25) is 0 Å². The first-order valence-electron chi connectivity index (χ1n) is 9.93. The Bertz CT molecular complexity index is 997. The van der Waals surface area contributed by atoms with Gasteiger partial charge in [-0.1, -0.05) is 12.8 Å². The second-order valence-corrected chi connectivity index (χ2v) is 7.82. The lowest BCUT2D eigenvalue weighted by molar-refractivity contribution is 0.0905. The van der Waals surface area contributed by atoms with Crippen molar-refractivity contribution in [3.05, 3.63) is 47.1 Å². The second kappa shape index (κ2) is 6.51. The number of nitrogens with one attached hydrogen (secondary N) is 1. The van der Waals surface area contributed by atoms with Crippen molar-refractivity contribution in [2.24, 2.45) is 0 Å². The zero-order valence-corrected chi connectivity index (χ0v) is 15.6. The Balaban J connectivity index is 1.38. The summed E-state index contributed by atoms with van der Waals surface area (Å²) in [5.41, 5.74) is 4.58. The normalized spacial score (nSPS) is 20.1. The van der Waals surface area contributed by atoms with Crippen molar-refractivity contribution in [1.29, 1.82) is 0 Å². The SMILES string of the molecule is Cc1ccc2oc(C(=O)NC3CCCc4cn(C5CCCC5)nc43)cc2n1. The van der Waals surface area contributed by atoms with Crippen LogP contribution in [0.15, 0.2) is 28.8 Å². The van der Waals surface area contributed by atoms with E-state index in [2.05, 4.69) is 21.2 Å². The number of aryl methyl sites for hydroxylation is 2. The zero-order valence-electron chi connectivity index (χ0n) is 15.6. The molecule has 2 aliphatic carbocycles. The number of furan rings is 1. The van der Waals surface area contributed by atoms with Crippen molar-refractivity contribution < 1.29 is 9.21 Å². The number of amides is 1. The van der Waals surface area contributed by atoms with E-state index in [0.29, 0.717) is 17.4 Å². The number of carbonyl (C=O) groups excluding carboxylic acids is 1. The van der Waals surface area contributed by atoms with E-state index in [4.69, 9.17) is 9.52 Å². The van der Waals surface area contributed by atoms with Crippen molar-refractivity contribution in [2.75, 3.05) is 0 Å². The number of fused-ring (bicyclic) bond motifs is 2. The molecule has 1 amide bonds. The van der Waals surface area contributed by atoms with Gasteiger partial charge in [-0.2, -0.15) is 5.10 Å². The van der Waals surface area contributed by atoms with Crippen LogP contribution in [0, 0.1) is 6.92 Å². The molecular formula is C21H24N4O2. The van der Waals surface area contributed by atoms with E-state index < -0.39 is 0 Å². The fourth-order valence-corrected chi connectivity index (χ4v) is 4.43. The standard InChI is InChI=1S/C21H24N4O2/c1-13-9-10-18-17(22-13)11-19(27-18)21(26)23-16-8-4-5-14-12-25(24-20(14)16)15-6-2-3-7-15/h9-12,15-16H,2-8H2,1H3,(H,23,26). The van der Waals surface area contributed by atoms with Gasteiger partial charge in [0.2, 0.25) is 0 Å². The molecule has 140 valence electrons. The van der Waals surface area contributed by atoms with Crippen molar-refractivity contribution in [1.82, 2.24) is 20.1 Å². The minimum Gasteiger partial charge on any atom is -0.449 e. The molecule has 1 fully saturated rings.